The molecule has 1 aliphatic heterocycles. The van der Waals surface area contributed by atoms with Crippen LogP contribution < -0.4 is 10.5 Å². The van der Waals surface area contributed by atoms with E-state index >= 15 is 0 Å². The molecule has 0 saturated carbocycles. The maximum atomic E-state index is 11.4. The van der Waals surface area contributed by atoms with Gasteiger partial charge in [-0.15, -0.1) is 0 Å². The number of amides is 1. The molecule has 0 spiro atoms. The summed E-state index contributed by atoms with van der Waals surface area (Å²) in [6.45, 7) is 1.39. The van der Waals surface area contributed by atoms with Gasteiger partial charge in [0.2, 0.25) is 10.0 Å². The molecule has 0 bridgehead atoms. The molecule has 16 heavy (non-hydrogen) atoms. The molecule has 7 nitrogen and oxygen atoms in total. The van der Waals surface area contributed by atoms with Gasteiger partial charge in [0.15, 0.2) is 6.10 Å². The SMILES string of the molecule is NS(=O)(=O)CCCNC(=O)C1COCCO1. The van der Waals surface area contributed by atoms with Gasteiger partial charge < -0.3 is 14.8 Å². The van der Waals surface area contributed by atoms with Gasteiger partial charge in [-0.1, -0.05) is 0 Å². The summed E-state index contributed by atoms with van der Waals surface area (Å²) in [6.07, 6.45) is -0.304. The van der Waals surface area contributed by atoms with E-state index in [0.29, 0.717) is 13.2 Å². The van der Waals surface area contributed by atoms with Crippen LogP contribution in [0.15, 0.2) is 0 Å². The van der Waals surface area contributed by atoms with Gasteiger partial charge in [0.25, 0.3) is 5.91 Å². The Balaban J connectivity index is 2.14. The van der Waals surface area contributed by atoms with E-state index < -0.39 is 16.1 Å². The van der Waals surface area contributed by atoms with E-state index in [1.807, 2.05) is 0 Å². The summed E-state index contributed by atoms with van der Waals surface area (Å²) in [6, 6.07) is 0. The number of nitrogens with one attached hydrogen (secondary N) is 1. The molecule has 0 aliphatic carbocycles. The summed E-state index contributed by atoms with van der Waals surface area (Å²) in [7, 11) is -3.45. The van der Waals surface area contributed by atoms with Crippen molar-refractivity contribution in [1.29, 1.82) is 0 Å². The molecule has 0 aromatic heterocycles. The van der Waals surface area contributed by atoms with Gasteiger partial charge in [-0.05, 0) is 6.42 Å². The third kappa shape index (κ3) is 5.40. The van der Waals surface area contributed by atoms with E-state index in [4.69, 9.17) is 14.6 Å². The van der Waals surface area contributed by atoms with Crippen LogP contribution in [0.25, 0.3) is 0 Å². The Hall–Kier alpha value is -0.700. The lowest BCUT2D eigenvalue weighted by molar-refractivity contribution is -0.147. The zero-order valence-electron chi connectivity index (χ0n) is 8.85. The second-order valence-corrected chi connectivity index (χ2v) is 5.18. The molecule has 0 aromatic carbocycles. The van der Waals surface area contributed by atoms with Crippen molar-refractivity contribution in [3.8, 4) is 0 Å². The van der Waals surface area contributed by atoms with Gasteiger partial charge in [-0.25, -0.2) is 13.6 Å². The quantitative estimate of drug-likeness (QED) is 0.561. The minimum absolute atomic E-state index is 0.144. The van der Waals surface area contributed by atoms with Crippen molar-refractivity contribution >= 4 is 15.9 Å². The Bertz CT molecular complexity index is 323. The minimum atomic E-state index is -3.45. The fourth-order valence-electron chi connectivity index (χ4n) is 1.24. The van der Waals surface area contributed by atoms with Crippen molar-refractivity contribution < 1.29 is 22.7 Å². The van der Waals surface area contributed by atoms with Gasteiger partial charge in [0.1, 0.15) is 0 Å². The number of carbonyl (C=O) groups is 1. The van der Waals surface area contributed by atoms with Gasteiger partial charge in [0.05, 0.1) is 25.6 Å². The predicted molar refractivity (Wildman–Crippen MR) is 56.2 cm³/mol. The van der Waals surface area contributed by atoms with Crippen molar-refractivity contribution in [2.45, 2.75) is 12.5 Å². The molecule has 3 N–H and O–H groups in total. The second-order valence-electron chi connectivity index (χ2n) is 3.45. The highest BCUT2D eigenvalue weighted by molar-refractivity contribution is 7.89. The van der Waals surface area contributed by atoms with Gasteiger partial charge in [-0.3, -0.25) is 4.79 Å². The highest BCUT2D eigenvalue weighted by Gasteiger charge is 2.21. The molecule has 1 fully saturated rings. The van der Waals surface area contributed by atoms with Crippen LogP contribution in [0.2, 0.25) is 0 Å². The monoisotopic (exact) mass is 252 g/mol. The number of rotatable bonds is 5. The highest BCUT2D eigenvalue weighted by atomic mass is 32.2. The maximum absolute atomic E-state index is 11.4. The average Bonchev–Trinajstić information content (AvgIpc) is 2.24. The molecule has 0 aromatic rings. The minimum Gasteiger partial charge on any atom is -0.376 e. The van der Waals surface area contributed by atoms with Crippen LogP contribution in [0.1, 0.15) is 6.42 Å². The highest BCUT2D eigenvalue weighted by Crippen LogP contribution is 2.00. The Kier molecular flexibility index (Phi) is 5.13. The van der Waals surface area contributed by atoms with Crippen LogP contribution in [0.3, 0.4) is 0 Å². The van der Waals surface area contributed by atoms with E-state index in [9.17, 15) is 13.2 Å². The normalized spacial score (nSPS) is 21.7. The first kappa shape index (κ1) is 13.4. The van der Waals surface area contributed by atoms with E-state index in [2.05, 4.69) is 5.32 Å². The predicted octanol–water partition coefficient (Wildman–Crippen LogP) is -1.80. The first-order chi connectivity index (χ1) is 7.49. The molecule has 1 aliphatic rings. The number of carbonyl (C=O) groups excluding carboxylic acids is 1. The van der Waals surface area contributed by atoms with Crippen LogP contribution >= 0.6 is 0 Å². The molecule has 94 valence electrons. The van der Waals surface area contributed by atoms with Crippen molar-refractivity contribution in [3.05, 3.63) is 0 Å². The standard InChI is InChI=1S/C8H16N2O5S/c9-16(12,13)5-1-2-10-8(11)7-6-14-3-4-15-7/h7H,1-6H2,(H,10,11)(H2,9,12,13). The van der Waals surface area contributed by atoms with Crippen molar-refractivity contribution in [1.82, 2.24) is 5.32 Å². The van der Waals surface area contributed by atoms with Crippen LogP contribution in [-0.4, -0.2) is 52.5 Å². The zero-order valence-corrected chi connectivity index (χ0v) is 9.66. The Morgan fingerprint density at radius 3 is 2.75 bits per heavy atom. The van der Waals surface area contributed by atoms with Crippen LogP contribution in [0.4, 0.5) is 0 Å². The summed E-state index contributed by atoms with van der Waals surface area (Å²) in [5.74, 6) is -0.427. The molecule has 1 saturated heterocycles. The lowest BCUT2D eigenvalue weighted by atomic mass is 10.3. The molecular weight excluding hydrogens is 236 g/mol. The molecule has 8 heteroatoms. The summed E-state index contributed by atoms with van der Waals surface area (Å²) in [5.41, 5.74) is 0. The Morgan fingerprint density at radius 1 is 1.44 bits per heavy atom. The van der Waals surface area contributed by atoms with Crippen LogP contribution in [0, 0.1) is 0 Å². The fraction of sp³-hybridized carbons (Fsp3) is 0.875. The fourth-order valence-corrected chi connectivity index (χ4v) is 1.78. The van der Waals surface area contributed by atoms with Crippen molar-refractivity contribution in [2.24, 2.45) is 5.14 Å². The number of hydrogen-bond acceptors (Lipinski definition) is 5. The second kappa shape index (κ2) is 6.14. The summed E-state index contributed by atoms with van der Waals surface area (Å²) < 4.78 is 31.4. The van der Waals surface area contributed by atoms with E-state index in [1.54, 1.807) is 0 Å². The third-order valence-electron chi connectivity index (χ3n) is 2.01. The molecule has 1 rings (SSSR count). The summed E-state index contributed by atoms with van der Waals surface area (Å²) in [5, 5.41) is 7.37. The first-order valence-electron chi connectivity index (χ1n) is 4.96. The third-order valence-corrected chi connectivity index (χ3v) is 2.87. The number of primary sulfonamides is 1. The van der Waals surface area contributed by atoms with E-state index in [1.165, 1.54) is 0 Å². The molecule has 1 atom stereocenters. The lowest BCUT2D eigenvalue weighted by Crippen LogP contribution is -2.43. The van der Waals surface area contributed by atoms with Gasteiger partial charge in [0, 0.05) is 6.54 Å². The largest absolute Gasteiger partial charge is 0.376 e. The molecular formula is C8H16N2O5S. The zero-order chi connectivity index (χ0) is 12.0. The van der Waals surface area contributed by atoms with Gasteiger partial charge >= 0.3 is 0 Å². The average molecular weight is 252 g/mol. The smallest absolute Gasteiger partial charge is 0.251 e. The number of ether oxygens (including phenoxy) is 2. The first-order valence-corrected chi connectivity index (χ1v) is 6.68. The maximum Gasteiger partial charge on any atom is 0.251 e. The lowest BCUT2D eigenvalue weighted by Gasteiger charge is -2.21. The Labute approximate surface area is 94.3 Å². The number of sulfonamides is 1. The van der Waals surface area contributed by atoms with Crippen LogP contribution in [0.5, 0.6) is 0 Å². The van der Waals surface area contributed by atoms with Crippen molar-refractivity contribution in [3.63, 3.8) is 0 Å². The molecule has 0 radical (unpaired) electrons. The molecule has 1 heterocycles. The number of hydrogen-bond donors (Lipinski definition) is 2. The summed E-state index contributed by atoms with van der Waals surface area (Å²) in [4.78, 5) is 11.4. The van der Waals surface area contributed by atoms with Crippen molar-refractivity contribution in [2.75, 3.05) is 32.1 Å². The van der Waals surface area contributed by atoms with E-state index in [-0.39, 0.29) is 31.2 Å². The van der Waals surface area contributed by atoms with Crippen LogP contribution in [-0.2, 0) is 24.3 Å². The van der Waals surface area contributed by atoms with E-state index in [0.717, 1.165) is 0 Å². The number of nitrogens with two attached hydrogens (primary N) is 1. The Morgan fingerprint density at radius 2 is 2.19 bits per heavy atom. The summed E-state index contributed by atoms with van der Waals surface area (Å²) >= 11 is 0. The molecule has 1 amide bonds. The van der Waals surface area contributed by atoms with Gasteiger partial charge in [-0.2, -0.15) is 0 Å². The molecule has 1 unspecified atom stereocenters. The topological polar surface area (TPSA) is 108 Å².